The quantitative estimate of drug-likeness (QED) is 0.842. The van der Waals surface area contributed by atoms with Crippen LogP contribution < -0.4 is 15.2 Å². The van der Waals surface area contributed by atoms with Crippen LogP contribution in [0.2, 0.25) is 0 Å². The fraction of sp³-hybridized carbons (Fsp3) is 0.538. The molecule has 1 aliphatic carbocycles. The first-order chi connectivity index (χ1) is 7.84. The predicted octanol–water partition coefficient (Wildman–Crippen LogP) is 1.74. The molecule has 1 saturated carbocycles. The molecule has 0 amide bonds. The third kappa shape index (κ3) is 1.87. The molecule has 2 aliphatic rings. The fourth-order valence-corrected chi connectivity index (χ4v) is 2.24. The molecule has 1 fully saturated rings. The van der Waals surface area contributed by atoms with Crippen molar-refractivity contribution >= 4 is 0 Å². The summed E-state index contributed by atoms with van der Waals surface area (Å²) in [5.74, 6) is 2.50. The Labute approximate surface area is 95.5 Å². The van der Waals surface area contributed by atoms with Gasteiger partial charge in [-0.15, -0.1) is 0 Å². The molecule has 3 heteroatoms. The molecule has 3 rings (SSSR count). The molecule has 1 aromatic rings. The van der Waals surface area contributed by atoms with Crippen molar-refractivity contribution in [2.45, 2.75) is 25.3 Å². The van der Waals surface area contributed by atoms with Gasteiger partial charge in [-0.1, -0.05) is 12.1 Å². The summed E-state index contributed by atoms with van der Waals surface area (Å²) >= 11 is 0. The first-order valence-corrected chi connectivity index (χ1v) is 5.97. The number of ether oxygens (including phenoxy) is 2. The zero-order chi connectivity index (χ0) is 11.0. The Hall–Kier alpha value is -1.22. The Morgan fingerprint density at radius 3 is 2.88 bits per heavy atom. The van der Waals surface area contributed by atoms with Crippen molar-refractivity contribution < 1.29 is 9.47 Å². The minimum absolute atomic E-state index is 0.275. The van der Waals surface area contributed by atoms with E-state index in [1.807, 2.05) is 12.1 Å². The van der Waals surface area contributed by atoms with Crippen LogP contribution in [0.4, 0.5) is 0 Å². The molecule has 16 heavy (non-hydrogen) atoms. The molecule has 3 nitrogen and oxygen atoms in total. The summed E-state index contributed by atoms with van der Waals surface area (Å²) < 4.78 is 11.2. The van der Waals surface area contributed by atoms with Crippen molar-refractivity contribution in [3.05, 3.63) is 23.8 Å². The van der Waals surface area contributed by atoms with E-state index < -0.39 is 0 Å². The zero-order valence-corrected chi connectivity index (χ0v) is 9.32. The highest BCUT2D eigenvalue weighted by molar-refractivity contribution is 5.47. The van der Waals surface area contributed by atoms with Crippen molar-refractivity contribution in [2.75, 3.05) is 13.2 Å². The second kappa shape index (κ2) is 3.98. The van der Waals surface area contributed by atoms with E-state index in [0.29, 0.717) is 13.2 Å². The van der Waals surface area contributed by atoms with E-state index in [2.05, 4.69) is 6.07 Å². The molecule has 2 N–H and O–H groups in total. The molecule has 1 atom stereocenters. The highest BCUT2D eigenvalue weighted by atomic mass is 16.6. The maximum absolute atomic E-state index is 6.15. The van der Waals surface area contributed by atoms with Crippen molar-refractivity contribution in [1.29, 1.82) is 0 Å². The van der Waals surface area contributed by atoms with Gasteiger partial charge in [-0.25, -0.2) is 0 Å². The summed E-state index contributed by atoms with van der Waals surface area (Å²) in [5.41, 5.74) is 7.34. The Bertz CT molecular complexity index is 388. The minimum Gasteiger partial charge on any atom is -0.486 e. The Morgan fingerprint density at radius 1 is 1.25 bits per heavy atom. The van der Waals surface area contributed by atoms with Gasteiger partial charge >= 0.3 is 0 Å². The third-order valence-corrected chi connectivity index (χ3v) is 3.33. The summed E-state index contributed by atoms with van der Waals surface area (Å²) in [6.07, 6.45) is 3.47. The highest BCUT2D eigenvalue weighted by Crippen LogP contribution is 2.37. The van der Waals surface area contributed by atoms with Crippen LogP contribution in [0.5, 0.6) is 11.5 Å². The molecule has 1 unspecified atom stereocenters. The molecule has 0 saturated heterocycles. The summed E-state index contributed by atoms with van der Waals surface area (Å²) in [7, 11) is 0. The van der Waals surface area contributed by atoms with Gasteiger partial charge in [0.2, 0.25) is 0 Å². The number of para-hydroxylation sites is 1. The van der Waals surface area contributed by atoms with Gasteiger partial charge in [0.25, 0.3) is 0 Å². The number of rotatable bonds is 3. The summed E-state index contributed by atoms with van der Waals surface area (Å²) in [5, 5.41) is 0. The number of hydrogen-bond donors (Lipinski definition) is 1. The zero-order valence-electron chi connectivity index (χ0n) is 9.32. The summed E-state index contributed by atoms with van der Waals surface area (Å²) in [6.45, 7) is 1.29. The molecular formula is C13H17NO2. The van der Waals surface area contributed by atoms with Gasteiger partial charge < -0.3 is 15.2 Å². The number of fused-ring (bicyclic) bond motifs is 1. The lowest BCUT2D eigenvalue weighted by atomic mass is 10.0. The van der Waals surface area contributed by atoms with E-state index in [0.717, 1.165) is 23.8 Å². The van der Waals surface area contributed by atoms with Gasteiger partial charge in [0.1, 0.15) is 13.2 Å². The topological polar surface area (TPSA) is 44.5 Å². The van der Waals surface area contributed by atoms with Gasteiger partial charge in [0, 0.05) is 6.04 Å². The van der Waals surface area contributed by atoms with Gasteiger partial charge in [-0.05, 0) is 36.8 Å². The maximum atomic E-state index is 6.15. The SMILES string of the molecule is NC(Cc1cccc2c1OCCO2)C1CC1. The molecule has 1 aliphatic heterocycles. The van der Waals surface area contributed by atoms with Crippen molar-refractivity contribution in [3.63, 3.8) is 0 Å². The van der Waals surface area contributed by atoms with E-state index in [-0.39, 0.29) is 6.04 Å². The van der Waals surface area contributed by atoms with Crippen LogP contribution in [-0.4, -0.2) is 19.3 Å². The second-order valence-electron chi connectivity index (χ2n) is 4.65. The Kier molecular flexibility index (Phi) is 2.48. The molecule has 1 heterocycles. The number of hydrogen-bond acceptors (Lipinski definition) is 3. The average molecular weight is 219 g/mol. The minimum atomic E-state index is 0.275. The normalized spacial score (nSPS) is 20.6. The van der Waals surface area contributed by atoms with Crippen LogP contribution in [0.3, 0.4) is 0 Å². The first kappa shape index (κ1) is 9.97. The monoisotopic (exact) mass is 219 g/mol. The van der Waals surface area contributed by atoms with E-state index >= 15 is 0 Å². The molecule has 1 aromatic carbocycles. The fourth-order valence-electron chi connectivity index (χ4n) is 2.24. The van der Waals surface area contributed by atoms with Crippen LogP contribution in [0.1, 0.15) is 18.4 Å². The lowest BCUT2D eigenvalue weighted by Crippen LogP contribution is -2.26. The van der Waals surface area contributed by atoms with Crippen LogP contribution in [0.15, 0.2) is 18.2 Å². The van der Waals surface area contributed by atoms with Crippen molar-refractivity contribution in [2.24, 2.45) is 11.7 Å². The standard InChI is InChI=1S/C13H17NO2/c14-11(9-4-5-9)8-10-2-1-3-12-13(10)16-7-6-15-12/h1-3,9,11H,4-8,14H2. The highest BCUT2D eigenvalue weighted by Gasteiger charge is 2.29. The van der Waals surface area contributed by atoms with Gasteiger partial charge in [-0.3, -0.25) is 0 Å². The Morgan fingerprint density at radius 2 is 2.06 bits per heavy atom. The summed E-state index contributed by atoms with van der Waals surface area (Å²) in [6, 6.07) is 6.34. The largest absolute Gasteiger partial charge is 0.486 e. The average Bonchev–Trinajstić information content (AvgIpc) is 3.13. The predicted molar refractivity (Wildman–Crippen MR) is 61.8 cm³/mol. The van der Waals surface area contributed by atoms with Gasteiger partial charge in [0.15, 0.2) is 11.5 Å². The van der Waals surface area contributed by atoms with Gasteiger partial charge in [-0.2, -0.15) is 0 Å². The lowest BCUT2D eigenvalue weighted by molar-refractivity contribution is 0.169. The molecule has 0 spiro atoms. The molecule has 0 aromatic heterocycles. The summed E-state index contributed by atoms with van der Waals surface area (Å²) in [4.78, 5) is 0. The Balaban J connectivity index is 1.82. The van der Waals surface area contributed by atoms with E-state index in [1.165, 1.54) is 18.4 Å². The smallest absolute Gasteiger partial charge is 0.164 e. The molecule has 86 valence electrons. The first-order valence-electron chi connectivity index (χ1n) is 5.97. The van der Waals surface area contributed by atoms with Gasteiger partial charge in [0.05, 0.1) is 0 Å². The third-order valence-electron chi connectivity index (χ3n) is 3.33. The number of nitrogens with two attached hydrogens (primary N) is 1. The van der Waals surface area contributed by atoms with Crippen LogP contribution >= 0.6 is 0 Å². The maximum Gasteiger partial charge on any atom is 0.164 e. The number of benzene rings is 1. The van der Waals surface area contributed by atoms with Crippen LogP contribution in [0, 0.1) is 5.92 Å². The van der Waals surface area contributed by atoms with Crippen molar-refractivity contribution in [1.82, 2.24) is 0 Å². The van der Waals surface area contributed by atoms with Crippen molar-refractivity contribution in [3.8, 4) is 11.5 Å². The van der Waals surface area contributed by atoms with Crippen LogP contribution in [-0.2, 0) is 6.42 Å². The molecular weight excluding hydrogens is 202 g/mol. The molecule has 0 radical (unpaired) electrons. The van der Waals surface area contributed by atoms with Crippen LogP contribution in [0.25, 0.3) is 0 Å². The second-order valence-corrected chi connectivity index (χ2v) is 4.65. The van der Waals surface area contributed by atoms with E-state index in [4.69, 9.17) is 15.2 Å². The van der Waals surface area contributed by atoms with E-state index in [1.54, 1.807) is 0 Å². The molecule has 0 bridgehead atoms. The van der Waals surface area contributed by atoms with E-state index in [9.17, 15) is 0 Å². The lowest BCUT2D eigenvalue weighted by Gasteiger charge is -2.22.